The van der Waals surface area contributed by atoms with E-state index in [1.54, 1.807) is 20.8 Å². The number of hydrogen-bond donors (Lipinski definition) is 2. The van der Waals surface area contributed by atoms with E-state index in [1.807, 2.05) is 6.07 Å². The predicted molar refractivity (Wildman–Crippen MR) is 79.1 cm³/mol. The molecule has 8 heteroatoms. The summed E-state index contributed by atoms with van der Waals surface area (Å²) in [5, 5.41) is 11.5. The Kier molecular flexibility index (Phi) is 5.40. The molecule has 0 aliphatic heterocycles. The minimum atomic E-state index is -0.642. The summed E-state index contributed by atoms with van der Waals surface area (Å²) in [4.78, 5) is 23.3. The minimum absolute atomic E-state index is 0.0617. The number of methoxy groups -OCH3 is 1. The van der Waals surface area contributed by atoms with Crippen molar-refractivity contribution < 1.29 is 19.1 Å². The summed E-state index contributed by atoms with van der Waals surface area (Å²) in [6.45, 7) is 5.72. The van der Waals surface area contributed by atoms with E-state index in [0.29, 0.717) is 0 Å². The second-order valence-electron chi connectivity index (χ2n) is 5.53. The first kappa shape index (κ1) is 17.4. The van der Waals surface area contributed by atoms with Crippen molar-refractivity contribution in [2.45, 2.75) is 32.9 Å². The van der Waals surface area contributed by atoms with Crippen molar-refractivity contribution in [1.29, 1.82) is 5.26 Å². The molecule has 120 valence electrons. The van der Waals surface area contributed by atoms with Crippen molar-refractivity contribution in [3.05, 3.63) is 17.5 Å². The molecular weight excluding hydrogens is 288 g/mol. The lowest BCUT2D eigenvalue weighted by molar-refractivity contribution is 0.0526. The Morgan fingerprint density at radius 3 is 2.59 bits per heavy atom. The number of nitriles is 1. The van der Waals surface area contributed by atoms with Gasteiger partial charge in [0, 0.05) is 19.3 Å². The molecule has 0 radical (unpaired) electrons. The maximum absolute atomic E-state index is 11.7. The number of nitrogen functional groups attached to an aromatic ring is 1. The first-order valence-corrected chi connectivity index (χ1v) is 6.63. The van der Waals surface area contributed by atoms with Gasteiger partial charge in [-0.25, -0.2) is 9.59 Å². The highest BCUT2D eigenvalue weighted by Crippen LogP contribution is 2.20. The molecule has 8 nitrogen and oxygen atoms in total. The molecule has 1 aromatic heterocycles. The van der Waals surface area contributed by atoms with Crippen LogP contribution in [0.2, 0.25) is 0 Å². The van der Waals surface area contributed by atoms with Crippen LogP contribution in [-0.4, -0.2) is 35.9 Å². The van der Waals surface area contributed by atoms with Crippen molar-refractivity contribution in [3.8, 4) is 6.07 Å². The molecule has 1 amide bonds. The molecule has 0 aliphatic rings. The van der Waals surface area contributed by atoms with Crippen LogP contribution in [0.5, 0.6) is 0 Å². The normalized spacial score (nSPS) is 10.7. The van der Waals surface area contributed by atoms with Crippen LogP contribution in [0, 0.1) is 11.3 Å². The number of ether oxygens (including phenoxy) is 2. The Morgan fingerprint density at radius 2 is 2.09 bits per heavy atom. The molecule has 0 aromatic carbocycles. The van der Waals surface area contributed by atoms with E-state index >= 15 is 0 Å². The van der Waals surface area contributed by atoms with E-state index in [9.17, 15) is 9.59 Å². The zero-order valence-corrected chi connectivity index (χ0v) is 13.1. The van der Waals surface area contributed by atoms with Gasteiger partial charge in [-0.3, -0.25) is 0 Å². The molecule has 3 N–H and O–H groups in total. The Hall–Kier alpha value is -2.69. The lowest BCUT2D eigenvalue weighted by Crippen LogP contribution is -2.34. The summed E-state index contributed by atoms with van der Waals surface area (Å²) in [6.07, 6.45) is 0.881. The maximum atomic E-state index is 11.7. The summed E-state index contributed by atoms with van der Waals surface area (Å²) in [6, 6.07) is 1.90. The van der Waals surface area contributed by atoms with Gasteiger partial charge in [-0.15, -0.1) is 0 Å². The second kappa shape index (κ2) is 6.85. The molecule has 1 heterocycles. The first-order valence-electron chi connectivity index (χ1n) is 6.63. The van der Waals surface area contributed by atoms with Crippen LogP contribution in [0.15, 0.2) is 6.20 Å². The molecule has 0 unspecified atom stereocenters. The van der Waals surface area contributed by atoms with Crippen LogP contribution in [-0.2, 0) is 16.0 Å². The standard InChI is InChI=1S/C14H20N4O4/c1-14(2,3)22-13(20)17-5-6-18-8-9(7-15)10(16)11(18)12(19)21-4/h8H,5-6,16H2,1-4H3,(H,17,20). The average Bonchev–Trinajstić information content (AvgIpc) is 2.72. The highest BCUT2D eigenvalue weighted by atomic mass is 16.6. The van der Waals surface area contributed by atoms with Gasteiger partial charge in [0.25, 0.3) is 0 Å². The van der Waals surface area contributed by atoms with Gasteiger partial charge < -0.3 is 25.1 Å². The van der Waals surface area contributed by atoms with Crippen molar-refractivity contribution in [2.75, 3.05) is 19.4 Å². The number of anilines is 1. The Bertz CT molecular complexity index is 608. The monoisotopic (exact) mass is 308 g/mol. The third-order valence-corrected chi connectivity index (χ3v) is 2.64. The van der Waals surface area contributed by atoms with Gasteiger partial charge in [-0.2, -0.15) is 5.26 Å². The van der Waals surface area contributed by atoms with E-state index in [-0.39, 0.29) is 30.0 Å². The third-order valence-electron chi connectivity index (χ3n) is 2.64. The van der Waals surface area contributed by atoms with E-state index in [1.165, 1.54) is 17.9 Å². The average molecular weight is 308 g/mol. The number of esters is 1. The van der Waals surface area contributed by atoms with Crippen molar-refractivity contribution in [2.24, 2.45) is 0 Å². The number of aromatic nitrogens is 1. The Balaban J connectivity index is 2.76. The predicted octanol–water partition coefficient (Wildman–Crippen LogP) is 1.25. The van der Waals surface area contributed by atoms with Crippen LogP contribution in [0.4, 0.5) is 10.5 Å². The van der Waals surface area contributed by atoms with Crippen LogP contribution in [0.25, 0.3) is 0 Å². The lowest BCUT2D eigenvalue weighted by Gasteiger charge is -2.19. The molecule has 0 aliphatic carbocycles. The molecule has 0 saturated heterocycles. The van der Waals surface area contributed by atoms with Gasteiger partial charge in [-0.05, 0) is 20.8 Å². The van der Waals surface area contributed by atoms with Gasteiger partial charge in [0.05, 0.1) is 18.4 Å². The molecule has 0 saturated carbocycles. The van der Waals surface area contributed by atoms with Gasteiger partial charge in [0.15, 0.2) is 5.69 Å². The van der Waals surface area contributed by atoms with E-state index in [2.05, 4.69) is 10.1 Å². The number of nitrogens with one attached hydrogen (secondary N) is 1. The zero-order chi connectivity index (χ0) is 16.9. The number of alkyl carbamates (subject to hydrolysis) is 1. The summed E-state index contributed by atoms with van der Waals surface area (Å²) in [5.74, 6) is -0.642. The molecular formula is C14H20N4O4. The number of carbonyl (C=O) groups excluding carboxylic acids is 2. The maximum Gasteiger partial charge on any atom is 0.407 e. The van der Waals surface area contributed by atoms with Crippen LogP contribution in [0.3, 0.4) is 0 Å². The van der Waals surface area contributed by atoms with E-state index in [4.69, 9.17) is 15.7 Å². The number of carbonyl (C=O) groups is 2. The number of nitrogens with two attached hydrogens (primary N) is 1. The fourth-order valence-electron chi connectivity index (χ4n) is 1.75. The molecule has 1 rings (SSSR count). The fraction of sp³-hybridized carbons (Fsp3) is 0.500. The minimum Gasteiger partial charge on any atom is -0.464 e. The summed E-state index contributed by atoms with van der Waals surface area (Å²) in [7, 11) is 1.23. The van der Waals surface area contributed by atoms with Crippen molar-refractivity contribution >= 4 is 17.7 Å². The molecule has 0 fully saturated rings. The van der Waals surface area contributed by atoms with Gasteiger partial charge in [-0.1, -0.05) is 0 Å². The summed E-state index contributed by atoms with van der Waals surface area (Å²) in [5.41, 5.74) is 5.49. The Labute approximate surface area is 128 Å². The molecule has 22 heavy (non-hydrogen) atoms. The quantitative estimate of drug-likeness (QED) is 0.808. The van der Waals surface area contributed by atoms with E-state index in [0.717, 1.165) is 0 Å². The SMILES string of the molecule is COC(=O)c1c(N)c(C#N)cn1CCNC(=O)OC(C)(C)C. The fourth-order valence-corrected chi connectivity index (χ4v) is 1.75. The van der Waals surface area contributed by atoms with Gasteiger partial charge >= 0.3 is 12.1 Å². The summed E-state index contributed by atoms with van der Waals surface area (Å²) < 4.78 is 11.2. The lowest BCUT2D eigenvalue weighted by atomic mass is 10.2. The van der Waals surface area contributed by atoms with Crippen LogP contribution < -0.4 is 11.1 Å². The van der Waals surface area contributed by atoms with Gasteiger partial charge in [0.1, 0.15) is 11.7 Å². The third kappa shape index (κ3) is 4.41. The largest absolute Gasteiger partial charge is 0.464 e. The highest BCUT2D eigenvalue weighted by molar-refractivity contribution is 5.95. The molecule has 1 aromatic rings. The number of hydrogen-bond acceptors (Lipinski definition) is 6. The van der Waals surface area contributed by atoms with Crippen molar-refractivity contribution in [3.63, 3.8) is 0 Å². The van der Waals surface area contributed by atoms with Crippen LogP contribution >= 0.6 is 0 Å². The Morgan fingerprint density at radius 1 is 1.45 bits per heavy atom. The van der Waals surface area contributed by atoms with Gasteiger partial charge in [0.2, 0.25) is 0 Å². The van der Waals surface area contributed by atoms with Crippen molar-refractivity contribution in [1.82, 2.24) is 9.88 Å². The first-order chi connectivity index (χ1) is 10.2. The topological polar surface area (TPSA) is 119 Å². The number of rotatable bonds is 4. The highest BCUT2D eigenvalue weighted by Gasteiger charge is 2.21. The molecule has 0 atom stereocenters. The molecule has 0 spiro atoms. The second-order valence-corrected chi connectivity index (χ2v) is 5.53. The van der Waals surface area contributed by atoms with E-state index < -0.39 is 17.7 Å². The number of nitrogens with zero attached hydrogens (tertiary/aromatic N) is 2. The number of amides is 1. The van der Waals surface area contributed by atoms with Crippen LogP contribution in [0.1, 0.15) is 36.8 Å². The zero-order valence-electron chi connectivity index (χ0n) is 13.1. The molecule has 0 bridgehead atoms. The summed E-state index contributed by atoms with van der Waals surface area (Å²) >= 11 is 0. The smallest absolute Gasteiger partial charge is 0.407 e.